The average Bonchev–Trinajstić information content (AvgIpc) is 2.73. The van der Waals surface area contributed by atoms with Crippen molar-refractivity contribution in [2.45, 2.75) is 58.0 Å². The van der Waals surface area contributed by atoms with Crippen LogP contribution in [0.15, 0.2) is 12.4 Å². The topological polar surface area (TPSA) is 64.1 Å². The predicted octanol–water partition coefficient (Wildman–Crippen LogP) is 1.89. The van der Waals surface area contributed by atoms with Gasteiger partial charge >= 0.3 is 0 Å². The molecule has 0 aliphatic heterocycles. The molecule has 1 atom stereocenters. The second-order valence-corrected chi connectivity index (χ2v) is 5.40. The van der Waals surface area contributed by atoms with Crippen molar-refractivity contribution in [2.24, 2.45) is 5.73 Å². The average molecular weight is 239 g/mol. The maximum atomic E-state index is 9.05. The highest BCUT2D eigenvalue weighted by Crippen LogP contribution is 2.14. The van der Waals surface area contributed by atoms with Gasteiger partial charge in [0.2, 0.25) is 0 Å². The van der Waals surface area contributed by atoms with Gasteiger partial charge in [-0.2, -0.15) is 0 Å². The van der Waals surface area contributed by atoms with E-state index in [2.05, 4.69) is 23.4 Å². The van der Waals surface area contributed by atoms with Gasteiger partial charge in [0.25, 0.3) is 0 Å². The summed E-state index contributed by atoms with van der Waals surface area (Å²) >= 11 is 0. The minimum atomic E-state index is -0.435. The van der Waals surface area contributed by atoms with Gasteiger partial charge in [-0.1, -0.05) is 13.8 Å². The maximum Gasteiger partial charge on any atom is 0.111 e. The molecule has 1 aromatic heterocycles. The summed E-state index contributed by atoms with van der Waals surface area (Å²) in [6, 6.07) is 0. The van der Waals surface area contributed by atoms with Gasteiger partial charge in [-0.25, -0.2) is 4.98 Å². The molecular formula is C13H25N3O. The molecule has 0 saturated heterocycles. The first-order chi connectivity index (χ1) is 7.96. The molecule has 0 fully saturated rings. The fourth-order valence-corrected chi connectivity index (χ4v) is 1.90. The molecule has 0 saturated carbocycles. The zero-order valence-electron chi connectivity index (χ0n) is 11.2. The standard InChI is InChI=1S/C13H25N3O/c1-11(2)12-15-7-9-16(12)8-5-4-6-13(3,14)10-17/h7,9,11,17H,4-6,8,10,14H2,1-3H3. The Bertz CT molecular complexity index is 331. The third-order valence-electron chi connectivity index (χ3n) is 3.02. The quantitative estimate of drug-likeness (QED) is 0.714. The Hall–Kier alpha value is -0.870. The van der Waals surface area contributed by atoms with Crippen LogP contribution in [-0.2, 0) is 6.54 Å². The molecule has 1 unspecified atom stereocenters. The molecule has 0 amide bonds. The zero-order valence-corrected chi connectivity index (χ0v) is 11.2. The largest absolute Gasteiger partial charge is 0.394 e. The van der Waals surface area contributed by atoms with Gasteiger partial charge in [-0.05, 0) is 26.2 Å². The number of aromatic nitrogens is 2. The fourth-order valence-electron chi connectivity index (χ4n) is 1.90. The Morgan fingerprint density at radius 2 is 2.18 bits per heavy atom. The van der Waals surface area contributed by atoms with Crippen molar-refractivity contribution in [3.63, 3.8) is 0 Å². The van der Waals surface area contributed by atoms with E-state index in [-0.39, 0.29) is 6.61 Å². The molecule has 4 heteroatoms. The minimum Gasteiger partial charge on any atom is -0.394 e. The second kappa shape index (κ2) is 6.17. The minimum absolute atomic E-state index is 0.0509. The summed E-state index contributed by atoms with van der Waals surface area (Å²) in [5.41, 5.74) is 5.45. The SMILES string of the molecule is CC(C)c1nccn1CCCCC(C)(N)CO. The molecule has 1 aromatic rings. The van der Waals surface area contributed by atoms with Crippen molar-refractivity contribution < 1.29 is 5.11 Å². The van der Waals surface area contributed by atoms with Crippen LogP contribution >= 0.6 is 0 Å². The van der Waals surface area contributed by atoms with Crippen molar-refractivity contribution in [1.82, 2.24) is 9.55 Å². The number of hydrogen-bond donors (Lipinski definition) is 2. The Morgan fingerprint density at radius 1 is 1.47 bits per heavy atom. The van der Waals surface area contributed by atoms with Crippen LogP contribution in [0.3, 0.4) is 0 Å². The monoisotopic (exact) mass is 239 g/mol. The van der Waals surface area contributed by atoms with Crippen molar-refractivity contribution in [3.05, 3.63) is 18.2 Å². The van der Waals surface area contributed by atoms with Crippen molar-refractivity contribution in [1.29, 1.82) is 0 Å². The van der Waals surface area contributed by atoms with Gasteiger partial charge < -0.3 is 15.4 Å². The van der Waals surface area contributed by atoms with Crippen LogP contribution in [0.4, 0.5) is 0 Å². The van der Waals surface area contributed by atoms with Crippen LogP contribution < -0.4 is 5.73 Å². The summed E-state index contributed by atoms with van der Waals surface area (Å²) < 4.78 is 2.21. The van der Waals surface area contributed by atoms with Crippen LogP contribution in [0, 0.1) is 0 Å². The number of nitrogens with zero attached hydrogens (tertiary/aromatic N) is 2. The van der Waals surface area contributed by atoms with E-state index in [1.807, 2.05) is 19.3 Å². The van der Waals surface area contributed by atoms with Crippen LogP contribution in [0.2, 0.25) is 0 Å². The van der Waals surface area contributed by atoms with E-state index in [1.54, 1.807) is 0 Å². The molecule has 0 radical (unpaired) electrons. The first-order valence-corrected chi connectivity index (χ1v) is 6.37. The fraction of sp³-hybridized carbons (Fsp3) is 0.769. The highest BCUT2D eigenvalue weighted by molar-refractivity contribution is 4.97. The molecule has 3 N–H and O–H groups in total. The number of unbranched alkanes of at least 4 members (excludes halogenated alkanes) is 1. The lowest BCUT2D eigenvalue weighted by atomic mass is 9.97. The number of aryl methyl sites for hydroxylation is 1. The Labute approximate surface area is 104 Å². The van der Waals surface area contributed by atoms with E-state index >= 15 is 0 Å². The summed E-state index contributed by atoms with van der Waals surface area (Å²) in [7, 11) is 0. The Kier molecular flexibility index (Phi) is 5.15. The lowest BCUT2D eigenvalue weighted by Crippen LogP contribution is -2.39. The third-order valence-corrected chi connectivity index (χ3v) is 3.02. The molecule has 0 aliphatic carbocycles. The van der Waals surface area contributed by atoms with Gasteiger partial charge in [-0.15, -0.1) is 0 Å². The number of rotatable bonds is 7. The number of nitrogens with two attached hydrogens (primary N) is 1. The normalized spacial score (nSPS) is 15.2. The van der Waals surface area contributed by atoms with Gasteiger partial charge in [0.05, 0.1) is 6.61 Å². The van der Waals surface area contributed by atoms with Crippen molar-refractivity contribution in [2.75, 3.05) is 6.61 Å². The summed E-state index contributed by atoms with van der Waals surface area (Å²) in [5.74, 6) is 1.60. The van der Waals surface area contributed by atoms with Crippen molar-refractivity contribution in [3.8, 4) is 0 Å². The van der Waals surface area contributed by atoms with Gasteiger partial charge in [-0.3, -0.25) is 0 Å². The maximum absolute atomic E-state index is 9.05. The van der Waals surface area contributed by atoms with Crippen LogP contribution in [0.25, 0.3) is 0 Å². The van der Waals surface area contributed by atoms with Crippen LogP contribution in [0.5, 0.6) is 0 Å². The summed E-state index contributed by atoms with van der Waals surface area (Å²) in [5, 5.41) is 9.05. The Balaban J connectivity index is 2.34. The summed E-state index contributed by atoms with van der Waals surface area (Å²) in [6.45, 7) is 7.23. The molecule has 98 valence electrons. The zero-order chi connectivity index (χ0) is 12.9. The summed E-state index contributed by atoms with van der Waals surface area (Å²) in [6.07, 6.45) is 6.85. The van der Waals surface area contributed by atoms with E-state index in [1.165, 1.54) is 0 Å². The molecule has 1 rings (SSSR count). The van der Waals surface area contributed by atoms with Crippen LogP contribution in [-0.4, -0.2) is 26.8 Å². The molecule has 0 aliphatic rings. The van der Waals surface area contributed by atoms with E-state index < -0.39 is 5.54 Å². The van der Waals surface area contributed by atoms with E-state index in [9.17, 15) is 0 Å². The summed E-state index contributed by atoms with van der Waals surface area (Å²) in [4.78, 5) is 4.36. The highest BCUT2D eigenvalue weighted by Gasteiger charge is 2.16. The molecule has 17 heavy (non-hydrogen) atoms. The number of hydrogen-bond acceptors (Lipinski definition) is 3. The number of imidazole rings is 1. The van der Waals surface area contributed by atoms with Gasteiger partial charge in [0.15, 0.2) is 0 Å². The molecule has 0 aromatic carbocycles. The highest BCUT2D eigenvalue weighted by atomic mass is 16.3. The lowest BCUT2D eigenvalue weighted by Gasteiger charge is -2.21. The first-order valence-electron chi connectivity index (χ1n) is 6.37. The molecule has 4 nitrogen and oxygen atoms in total. The smallest absolute Gasteiger partial charge is 0.111 e. The van der Waals surface area contributed by atoms with Crippen molar-refractivity contribution >= 4 is 0 Å². The molecule has 1 heterocycles. The van der Waals surface area contributed by atoms with E-state index in [4.69, 9.17) is 10.8 Å². The Morgan fingerprint density at radius 3 is 2.76 bits per heavy atom. The van der Waals surface area contributed by atoms with Gasteiger partial charge in [0, 0.05) is 30.4 Å². The molecule has 0 spiro atoms. The molecule has 0 bridgehead atoms. The molecular weight excluding hydrogens is 214 g/mol. The predicted molar refractivity (Wildman–Crippen MR) is 69.8 cm³/mol. The lowest BCUT2D eigenvalue weighted by molar-refractivity contribution is 0.197. The number of aliphatic hydroxyl groups excluding tert-OH is 1. The first kappa shape index (κ1) is 14.2. The second-order valence-electron chi connectivity index (χ2n) is 5.40. The van der Waals surface area contributed by atoms with Gasteiger partial charge in [0.1, 0.15) is 5.82 Å². The van der Waals surface area contributed by atoms with E-state index in [0.29, 0.717) is 5.92 Å². The van der Waals surface area contributed by atoms with E-state index in [0.717, 1.165) is 31.6 Å². The van der Waals surface area contributed by atoms with Crippen LogP contribution in [0.1, 0.15) is 51.8 Å². The number of aliphatic hydroxyl groups is 1. The third kappa shape index (κ3) is 4.48.